The largest absolute Gasteiger partial charge is 0.508 e. The molecule has 0 aliphatic carbocycles. The van der Waals surface area contributed by atoms with Crippen LogP contribution in [-0.2, 0) is 0 Å². The Morgan fingerprint density at radius 3 is 2.54 bits per heavy atom. The molecule has 0 bridgehead atoms. The Balaban J connectivity index is 2.85. The maximum absolute atomic E-state index is 12.5. The zero-order chi connectivity index (χ0) is 19.9. The molecule has 0 aliphatic heterocycles. The van der Waals surface area contributed by atoms with Crippen molar-refractivity contribution in [3.63, 3.8) is 0 Å². The SMILES string of the molecule is C=C(C)C(O)CC/C(C)=C/COc1cc(O)cc(O)c1C(=O)C(C)CC. The summed E-state index contributed by atoms with van der Waals surface area (Å²) in [6.07, 6.45) is 3.25. The van der Waals surface area contributed by atoms with Crippen LogP contribution >= 0.6 is 0 Å². The van der Waals surface area contributed by atoms with Crippen molar-refractivity contribution in [1.82, 2.24) is 0 Å². The van der Waals surface area contributed by atoms with Crippen molar-refractivity contribution in [3.05, 3.63) is 41.5 Å². The summed E-state index contributed by atoms with van der Waals surface area (Å²) in [5.41, 5.74) is 1.86. The van der Waals surface area contributed by atoms with Gasteiger partial charge in [-0.2, -0.15) is 0 Å². The molecule has 1 aromatic carbocycles. The summed E-state index contributed by atoms with van der Waals surface area (Å²) in [7, 11) is 0. The number of aliphatic hydroxyl groups is 1. The Morgan fingerprint density at radius 2 is 1.96 bits per heavy atom. The molecule has 2 atom stereocenters. The lowest BCUT2D eigenvalue weighted by Gasteiger charge is -2.15. The number of phenols is 2. The molecule has 0 aromatic heterocycles. The lowest BCUT2D eigenvalue weighted by atomic mass is 9.95. The monoisotopic (exact) mass is 362 g/mol. The first kappa shape index (κ1) is 21.8. The third-order valence-corrected chi connectivity index (χ3v) is 4.42. The number of carbonyl (C=O) groups excluding carboxylic acids is 1. The van der Waals surface area contributed by atoms with Gasteiger partial charge in [0.2, 0.25) is 0 Å². The Kier molecular flexibility index (Phi) is 8.39. The molecule has 1 rings (SSSR count). The standard InChI is InChI=1S/C21H30O5/c1-6-15(5)21(25)20-18(24)11-16(22)12-19(20)26-10-9-14(4)7-8-17(23)13(2)3/h9,11-12,15,17,22-24H,2,6-8,10H2,1,3-5H3/b14-9+. The van der Waals surface area contributed by atoms with Crippen molar-refractivity contribution >= 4 is 5.78 Å². The topological polar surface area (TPSA) is 87.0 Å². The maximum Gasteiger partial charge on any atom is 0.173 e. The van der Waals surface area contributed by atoms with E-state index in [4.69, 9.17) is 4.74 Å². The van der Waals surface area contributed by atoms with E-state index >= 15 is 0 Å². The maximum atomic E-state index is 12.5. The van der Waals surface area contributed by atoms with E-state index in [1.807, 2.05) is 19.9 Å². The number of aliphatic hydroxyl groups excluding tert-OH is 1. The first-order chi connectivity index (χ1) is 12.2. The van der Waals surface area contributed by atoms with E-state index in [0.29, 0.717) is 19.3 Å². The molecule has 0 saturated heterocycles. The minimum atomic E-state index is -0.526. The second-order valence-electron chi connectivity index (χ2n) is 6.77. The van der Waals surface area contributed by atoms with Gasteiger partial charge >= 0.3 is 0 Å². The van der Waals surface area contributed by atoms with Crippen LogP contribution in [0.25, 0.3) is 0 Å². The summed E-state index contributed by atoms with van der Waals surface area (Å²) >= 11 is 0. The molecule has 0 heterocycles. The van der Waals surface area contributed by atoms with E-state index in [2.05, 4.69) is 6.58 Å². The van der Waals surface area contributed by atoms with Gasteiger partial charge in [-0.05, 0) is 39.2 Å². The molecule has 0 amide bonds. The summed E-state index contributed by atoms with van der Waals surface area (Å²) in [6, 6.07) is 2.48. The quantitative estimate of drug-likeness (QED) is 0.425. The molecule has 144 valence electrons. The smallest absolute Gasteiger partial charge is 0.173 e. The van der Waals surface area contributed by atoms with Gasteiger partial charge in [-0.3, -0.25) is 4.79 Å². The molecular weight excluding hydrogens is 332 g/mol. The average Bonchev–Trinajstić information content (AvgIpc) is 2.57. The van der Waals surface area contributed by atoms with Crippen molar-refractivity contribution in [3.8, 4) is 17.2 Å². The van der Waals surface area contributed by atoms with Gasteiger partial charge < -0.3 is 20.1 Å². The van der Waals surface area contributed by atoms with E-state index in [1.54, 1.807) is 13.8 Å². The minimum Gasteiger partial charge on any atom is -0.508 e. The third-order valence-electron chi connectivity index (χ3n) is 4.42. The number of allylic oxidation sites excluding steroid dienone is 1. The number of aromatic hydroxyl groups is 2. The Morgan fingerprint density at radius 1 is 1.31 bits per heavy atom. The van der Waals surface area contributed by atoms with Crippen LogP contribution in [0.3, 0.4) is 0 Å². The van der Waals surface area contributed by atoms with Gasteiger partial charge in [0.25, 0.3) is 0 Å². The third kappa shape index (κ3) is 6.23. The molecule has 0 spiro atoms. The van der Waals surface area contributed by atoms with E-state index in [9.17, 15) is 20.1 Å². The van der Waals surface area contributed by atoms with Gasteiger partial charge in [-0.25, -0.2) is 0 Å². The molecule has 5 heteroatoms. The number of ketones is 1. The molecule has 26 heavy (non-hydrogen) atoms. The van der Waals surface area contributed by atoms with E-state index < -0.39 is 6.10 Å². The fourth-order valence-electron chi connectivity index (χ4n) is 2.37. The summed E-state index contributed by atoms with van der Waals surface area (Å²) in [5, 5.41) is 29.5. The van der Waals surface area contributed by atoms with Crippen molar-refractivity contribution in [1.29, 1.82) is 0 Å². The number of rotatable bonds is 10. The zero-order valence-corrected chi connectivity index (χ0v) is 16.1. The van der Waals surface area contributed by atoms with Gasteiger partial charge in [0.05, 0.1) is 6.10 Å². The van der Waals surface area contributed by atoms with Crippen molar-refractivity contribution in [2.75, 3.05) is 6.61 Å². The van der Waals surface area contributed by atoms with Crippen LogP contribution in [0.15, 0.2) is 35.9 Å². The van der Waals surface area contributed by atoms with Crippen LogP contribution in [0.1, 0.15) is 57.3 Å². The Bertz CT molecular complexity index is 675. The van der Waals surface area contributed by atoms with E-state index in [-0.39, 0.29) is 41.1 Å². The number of hydrogen-bond acceptors (Lipinski definition) is 5. The van der Waals surface area contributed by atoms with Gasteiger partial charge in [-0.15, -0.1) is 0 Å². The predicted molar refractivity (Wildman–Crippen MR) is 103 cm³/mol. The summed E-state index contributed by atoms with van der Waals surface area (Å²) in [5.74, 6) is -0.753. The first-order valence-electron chi connectivity index (χ1n) is 8.89. The molecule has 1 aromatic rings. The molecule has 0 aliphatic rings. The number of carbonyl (C=O) groups is 1. The van der Waals surface area contributed by atoms with Crippen molar-refractivity contribution in [2.24, 2.45) is 5.92 Å². The van der Waals surface area contributed by atoms with Crippen LogP contribution in [0.4, 0.5) is 0 Å². The number of hydrogen-bond donors (Lipinski definition) is 3. The average molecular weight is 362 g/mol. The first-order valence-corrected chi connectivity index (χ1v) is 8.89. The predicted octanol–water partition coefficient (Wildman–Crippen LogP) is 4.37. The molecule has 0 radical (unpaired) electrons. The van der Waals surface area contributed by atoms with E-state index in [1.165, 1.54) is 6.07 Å². The number of benzene rings is 1. The lowest BCUT2D eigenvalue weighted by Crippen LogP contribution is -2.12. The molecule has 0 fully saturated rings. The summed E-state index contributed by atoms with van der Waals surface area (Å²) in [4.78, 5) is 12.5. The van der Waals surface area contributed by atoms with Gasteiger partial charge in [0.1, 0.15) is 29.4 Å². The summed E-state index contributed by atoms with van der Waals surface area (Å²) < 4.78 is 5.64. The Hall–Kier alpha value is -2.27. The van der Waals surface area contributed by atoms with Crippen LogP contribution in [-0.4, -0.2) is 33.8 Å². The van der Waals surface area contributed by atoms with Gasteiger partial charge in [0, 0.05) is 18.1 Å². The normalized spacial score (nSPS) is 14.0. The molecule has 2 unspecified atom stereocenters. The van der Waals surface area contributed by atoms with Gasteiger partial charge in [-0.1, -0.05) is 31.6 Å². The zero-order valence-electron chi connectivity index (χ0n) is 16.1. The second kappa shape index (κ2) is 10.0. The number of phenolic OH excluding ortho intramolecular Hbond substituents is 2. The van der Waals surface area contributed by atoms with Crippen LogP contribution in [0, 0.1) is 5.92 Å². The number of Topliss-reactive ketones (excluding diaryl/α,β-unsaturated/α-hetero) is 1. The molecule has 5 nitrogen and oxygen atoms in total. The highest BCUT2D eigenvalue weighted by Gasteiger charge is 2.23. The van der Waals surface area contributed by atoms with Crippen LogP contribution in [0.5, 0.6) is 17.2 Å². The highest BCUT2D eigenvalue weighted by atomic mass is 16.5. The fraction of sp³-hybridized carbons (Fsp3) is 0.476. The van der Waals surface area contributed by atoms with E-state index in [0.717, 1.165) is 17.2 Å². The Labute approximate surface area is 155 Å². The highest BCUT2D eigenvalue weighted by Crippen LogP contribution is 2.35. The second-order valence-corrected chi connectivity index (χ2v) is 6.77. The molecular formula is C21H30O5. The summed E-state index contributed by atoms with van der Waals surface area (Å²) in [6.45, 7) is 11.3. The fourth-order valence-corrected chi connectivity index (χ4v) is 2.37. The van der Waals surface area contributed by atoms with Crippen LogP contribution in [0.2, 0.25) is 0 Å². The number of ether oxygens (including phenoxy) is 1. The van der Waals surface area contributed by atoms with Crippen molar-refractivity contribution < 1.29 is 24.9 Å². The molecule has 0 saturated carbocycles. The van der Waals surface area contributed by atoms with Gasteiger partial charge in [0.15, 0.2) is 5.78 Å². The lowest BCUT2D eigenvalue weighted by molar-refractivity contribution is 0.0920. The van der Waals surface area contributed by atoms with Crippen molar-refractivity contribution in [2.45, 2.75) is 53.1 Å². The minimum absolute atomic E-state index is 0.0981. The van der Waals surface area contributed by atoms with Crippen LogP contribution < -0.4 is 4.74 Å². The molecule has 3 N–H and O–H groups in total. The highest BCUT2D eigenvalue weighted by molar-refractivity contribution is 6.02.